The number of hydrogen-bond acceptors (Lipinski definition) is 3. The molecule has 3 rings (SSSR count). The summed E-state index contributed by atoms with van der Waals surface area (Å²) in [7, 11) is 3.56. The van der Waals surface area contributed by atoms with Crippen LogP contribution in [0.5, 0.6) is 5.75 Å². The third-order valence-corrected chi connectivity index (χ3v) is 4.94. The molecule has 1 aromatic carbocycles. The second-order valence-electron chi connectivity index (χ2n) is 6.13. The van der Waals surface area contributed by atoms with Gasteiger partial charge in [0.15, 0.2) is 0 Å². The molecule has 1 heterocycles. The molecule has 0 bridgehead atoms. The third-order valence-electron chi connectivity index (χ3n) is 4.94. The van der Waals surface area contributed by atoms with Crippen molar-refractivity contribution in [2.75, 3.05) is 27.3 Å². The van der Waals surface area contributed by atoms with Crippen molar-refractivity contribution in [2.24, 2.45) is 5.92 Å². The molecule has 1 saturated heterocycles. The fourth-order valence-corrected chi connectivity index (χ4v) is 3.73. The summed E-state index contributed by atoms with van der Waals surface area (Å²) >= 11 is 0. The fraction of sp³-hybridized carbons (Fsp3) is 0.588. The molecular weight excluding hydrogens is 266 g/mol. The number of likely N-dealkylation sites (N-methyl/N-ethyl adjacent to an activating group) is 1. The van der Waals surface area contributed by atoms with Crippen molar-refractivity contribution < 1.29 is 14.3 Å². The second-order valence-corrected chi connectivity index (χ2v) is 6.13. The monoisotopic (exact) mass is 289 g/mol. The standard InChI is InChI=1S/C17H23NO3/c1-18-11-14-6-3-4-9-17(14,21-12-16(18)19)13-7-5-8-15(10-13)20-2/h5,7-8,10,14H,3-4,6,9,11-12H2,1-2H3. The number of methoxy groups -OCH3 is 1. The first kappa shape index (κ1) is 14.4. The largest absolute Gasteiger partial charge is 0.497 e. The Morgan fingerprint density at radius 2 is 2.24 bits per heavy atom. The highest BCUT2D eigenvalue weighted by Crippen LogP contribution is 2.46. The lowest BCUT2D eigenvalue weighted by atomic mass is 9.71. The van der Waals surface area contributed by atoms with E-state index in [4.69, 9.17) is 9.47 Å². The van der Waals surface area contributed by atoms with Gasteiger partial charge in [-0.2, -0.15) is 0 Å². The van der Waals surface area contributed by atoms with Gasteiger partial charge in [-0.25, -0.2) is 0 Å². The van der Waals surface area contributed by atoms with E-state index in [1.165, 1.54) is 6.42 Å². The molecule has 2 aliphatic rings. The van der Waals surface area contributed by atoms with Crippen LogP contribution in [0, 0.1) is 5.92 Å². The van der Waals surface area contributed by atoms with E-state index in [9.17, 15) is 4.79 Å². The van der Waals surface area contributed by atoms with Crippen molar-refractivity contribution >= 4 is 5.91 Å². The van der Waals surface area contributed by atoms with Gasteiger partial charge in [0.25, 0.3) is 0 Å². The quantitative estimate of drug-likeness (QED) is 0.840. The van der Waals surface area contributed by atoms with Crippen LogP contribution in [0.25, 0.3) is 0 Å². The highest BCUT2D eigenvalue weighted by Gasteiger charge is 2.46. The summed E-state index contributed by atoms with van der Waals surface area (Å²) in [6.07, 6.45) is 4.44. The van der Waals surface area contributed by atoms with Crippen LogP contribution in [0.1, 0.15) is 31.2 Å². The number of fused-ring (bicyclic) bond motifs is 1. The number of nitrogens with zero attached hydrogens (tertiary/aromatic N) is 1. The molecule has 0 spiro atoms. The minimum Gasteiger partial charge on any atom is -0.497 e. The minimum absolute atomic E-state index is 0.0756. The lowest BCUT2D eigenvalue weighted by Crippen LogP contribution is -2.42. The van der Waals surface area contributed by atoms with Crippen LogP contribution in [-0.4, -0.2) is 38.1 Å². The Bertz CT molecular complexity index is 531. The summed E-state index contributed by atoms with van der Waals surface area (Å²) in [6.45, 7) is 0.945. The fourth-order valence-electron chi connectivity index (χ4n) is 3.73. The Morgan fingerprint density at radius 1 is 1.38 bits per heavy atom. The van der Waals surface area contributed by atoms with Gasteiger partial charge in [-0.05, 0) is 30.5 Å². The molecule has 114 valence electrons. The molecule has 4 heteroatoms. The molecular formula is C17H23NO3. The van der Waals surface area contributed by atoms with Crippen molar-refractivity contribution in [2.45, 2.75) is 31.3 Å². The summed E-state index contributed by atoms with van der Waals surface area (Å²) in [5.74, 6) is 1.28. The minimum atomic E-state index is -0.340. The smallest absolute Gasteiger partial charge is 0.248 e. The lowest BCUT2D eigenvalue weighted by Gasteiger charge is -2.43. The van der Waals surface area contributed by atoms with E-state index in [0.29, 0.717) is 5.92 Å². The van der Waals surface area contributed by atoms with Crippen molar-refractivity contribution in [1.29, 1.82) is 0 Å². The van der Waals surface area contributed by atoms with Gasteiger partial charge in [-0.15, -0.1) is 0 Å². The Labute approximate surface area is 126 Å². The number of benzene rings is 1. The highest BCUT2D eigenvalue weighted by atomic mass is 16.5. The Kier molecular flexibility index (Phi) is 3.89. The predicted molar refractivity (Wildman–Crippen MR) is 80.2 cm³/mol. The van der Waals surface area contributed by atoms with Gasteiger partial charge in [0.05, 0.1) is 12.7 Å². The molecule has 1 amide bonds. The van der Waals surface area contributed by atoms with E-state index < -0.39 is 0 Å². The Hall–Kier alpha value is -1.55. The van der Waals surface area contributed by atoms with E-state index in [1.807, 2.05) is 24.1 Å². The van der Waals surface area contributed by atoms with Crippen LogP contribution in [-0.2, 0) is 15.1 Å². The average molecular weight is 289 g/mol. The Balaban J connectivity index is 2.02. The van der Waals surface area contributed by atoms with Crippen LogP contribution >= 0.6 is 0 Å². The molecule has 2 fully saturated rings. The van der Waals surface area contributed by atoms with Crippen LogP contribution in [0.15, 0.2) is 24.3 Å². The second kappa shape index (κ2) is 5.68. The van der Waals surface area contributed by atoms with Crippen molar-refractivity contribution in [3.05, 3.63) is 29.8 Å². The molecule has 1 aromatic rings. The molecule has 4 nitrogen and oxygen atoms in total. The van der Waals surface area contributed by atoms with E-state index in [2.05, 4.69) is 12.1 Å². The van der Waals surface area contributed by atoms with Gasteiger partial charge in [0.2, 0.25) is 5.91 Å². The maximum Gasteiger partial charge on any atom is 0.248 e. The molecule has 0 radical (unpaired) electrons. The first-order valence-corrected chi connectivity index (χ1v) is 7.68. The normalized spacial score (nSPS) is 29.7. The van der Waals surface area contributed by atoms with E-state index in [1.54, 1.807) is 7.11 Å². The number of carbonyl (C=O) groups excluding carboxylic acids is 1. The van der Waals surface area contributed by atoms with E-state index in [-0.39, 0.29) is 18.1 Å². The van der Waals surface area contributed by atoms with Gasteiger partial charge < -0.3 is 14.4 Å². The average Bonchev–Trinajstić information content (AvgIpc) is 2.66. The maximum atomic E-state index is 12.0. The Morgan fingerprint density at radius 3 is 3.05 bits per heavy atom. The van der Waals surface area contributed by atoms with Gasteiger partial charge in [0, 0.05) is 19.5 Å². The van der Waals surface area contributed by atoms with Crippen LogP contribution in [0.2, 0.25) is 0 Å². The van der Waals surface area contributed by atoms with Crippen molar-refractivity contribution in [3.8, 4) is 5.75 Å². The summed E-state index contributed by atoms with van der Waals surface area (Å²) < 4.78 is 11.6. The van der Waals surface area contributed by atoms with E-state index in [0.717, 1.165) is 37.1 Å². The number of rotatable bonds is 2. The molecule has 0 N–H and O–H groups in total. The lowest BCUT2D eigenvalue weighted by molar-refractivity contribution is -0.140. The molecule has 1 aliphatic carbocycles. The molecule has 1 saturated carbocycles. The summed E-state index contributed by atoms with van der Waals surface area (Å²) in [6, 6.07) is 8.13. The molecule has 0 aromatic heterocycles. The van der Waals surface area contributed by atoms with Gasteiger partial charge in [-0.1, -0.05) is 25.0 Å². The zero-order valence-corrected chi connectivity index (χ0v) is 12.8. The molecule has 21 heavy (non-hydrogen) atoms. The van der Waals surface area contributed by atoms with Crippen LogP contribution < -0.4 is 4.74 Å². The number of amides is 1. The summed E-state index contributed by atoms with van der Waals surface area (Å²) in [5, 5.41) is 0. The highest BCUT2D eigenvalue weighted by molar-refractivity contribution is 5.77. The maximum absolute atomic E-state index is 12.0. The first-order chi connectivity index (χ1) is 10.2. The topological polar surface area (TPSA) is 38.8 Å². The molecule has 1 aliphatic heterocycles. The predicted octanol–water partition coefficient (Wildman–Crippen LogP) is 2.57. The summed E-state index contributed by atoms with van der Waals surface area (Å²) in [5.41, 5.74) is 0.808. The number of hydrogen-bond donors (Lipinski definition) is 0. The van der Waals surface area contributed by atoms with Crippen molar-refractivity contribution in [3.63, 3.8) is 0 Å². The van der Waals surface area contributed by atoms with Gasteiger partial charge in [0.1, 0.15) is 12.4 Å². The van der Waals surface area contributed by atoms with Crippen molar-refractivity contribution in [1.82, 2.24) is 4.90 Å². The van der Waals surface area contributed by atoms with Crippen LogP contribution in [0.3, 0.4) is 0 Å². The summed E-state index contributed by atoms with van der Waals surface area (Å²) in [4.78, 5) is 13.8. The third kappa shape index (κ3) is 2.53. The molecule has 2 unspecified atom stereocenters. The zero-order valence-electron chi connectivity index (χ0n) is 12.8. The number of ether oxygens (including phenoxy) is 2. The number of carbonyl (C=O) groups is 1. The zero-order chi connectivity index (χ0) is 14.9. The van der Waals surface area contributed by atoms with Gasteiger partial charge in [-0.3, -0.25) is 4.79 Å². The van der Waals surface area contributed by atoms with Crippen LogP contribution in [0.4, 0.5) is 0 Å². The van der Waals surface area contributed by atoms with E-state index >= 15 is 0 Å². The SMILES string of the molecule is COc1cccc(C23CCCCC2CN(C)C(=O)CO3)c1. The first-order valence-electron chi connectivity index (χ1n) is 7.68. The molecule has 2 atom stereocenters. The van der Waals surface area contributed by atoms with Gasteiger partial charge >= 0.3 is 0 Å².